The molecule has 0 radical (unpaired) electrons. The van der Waals surface area contributed by atoms with Crippen molar-refractivity contribution in [2.45, 2.75) is 13.0 Å². The smallest absolute Gasteiger partial charge is 0.269 e. The highest BCUT2D eigenvalue weighted by Crippen LogP contribution is 2.23. The van der Waals surface area contributed by atoms with Crippen LogP contribution in [-0.2, 0) is 0 Å². The zero-order chi connectivity index (χ0) is 22.7. The monoisotopic (exact) mass is 433 g/mol. The van der Waals surface area contributed by atoms with Gasteiger partial charge in [0, 0.05) is 36.3 Å². The number of nitrogens with zero attached hydrogens (tertiary/aromatic N) is 5. The van der Waals surface area contributed by atoms with E-state index in [2.05, 4.69) is 25.6 Å². The van der Waals surface area contributed by atoms with Crippen LogP contribution < -0.4 is 5.32 Å². The van der Waals surface area contributed by atoms with Crippen molar-refractivity contribution in [1.82, 2.24) is 30.3 Å². The summed E-state index contributed by atoms with van der Waals surface area (Å²) in [5.41, 5.74) is 1.64. The molecular weight excluding hydrogens is 416 g/mol. The largest absolute Gasteiger partial charge is 0.349 e. The molecule has 0 aliphatic heterocycles. The number of nitrogens with one attached hydrogen (secondary N) is 2. The Bertz CT molecular complexity index is 1280. The Morgan fingerprint density at radius 1 is 1.22 bits per heavy atom. The molecule has 1 aromatic carbocycles. The van der Waals surface area contributed by atoms with Gasteiger partial charge in [-0.3, -0.25) is 19.6 Å². The first-order chi connectivity index (χ1) is 15.5. The van der Waals surface area contributed by atoms with Gasteiger partial charge in [-0.15, -0.1) is 0 Å². The molecule has 0 spiro atoms. The summed E-state index contributed by atoms with van der Waals surface area (Å²) in [5, 5.41) is 22.8. The molecule has 32 heavy (non-hydrogen) atoms. The summed E-state index contributed by atoms with van der Waals surface area (Å²) in [4.78, 5) is 16.5. The van der Waals surface area contributed by atoms with E-state index < -0.39 is 17.2 Å². The number of rotatable bonds is 6. The fraction of sp³-hybridized carbons (Fsp3) is 0.136. The van der Waals surface area contributed by atoms with Crippen molar-refractivity contribution in [3.63, 3.8) is 0 Å². The van der Waals surface area contributed by atoms with Crippen molar-refractivity contribution in [2.24, 2.45) is 0 Å². The lowest BCUT2D eigenvalue weighted by molar-refractivity contribution is 0.0943. The van der Waals surface area contributed by atoms with Gasteiger partial charge in [-0.25, -0.2) is 8.78 Å². The SMILES string of the molecule is CC(CNC(=O)c1cc(-c2cccnc2)n[nH]1)n1ccc(-c2cc(F)c(C#N)c(F)c2)n1. The normalized spacial score (nSPS) is 11.7. The number of aromatic nitrogens is 5. The topological polar surface area (TPSA) is 112 Å². The third-order valence-electron chi connectivity index (χ3n) is 4.85. The highest BCUT2D eigenvalue weighted by atomic mass is 19.1. The first kappa shape index (κ1) is 20.9. The van der Waals surface area contributed by atoms with Crippen LogP contribution in [0.3, 0.4) is 0 Å². The lowest BCUT2D eigenvalue weighted by Crippen LogP contribution is -2.30. The van der Waals surface area contributed by atoms with Crippen molar-refractivity contribution in [3.05, 3.63) is 77.9 Å². The number of H-pyrrole nitrogens is 1. The van der Waals surface area contributed by atoms with E-state index in [4.69, 9.17) is 5.26 Å². The first-order valence-corrected chi connectivity index (χ1v) is 9.65. The van der Waals surface area contributed by atoms with Crippen LogP contribution in [0.5, 0.6) is 0 Å². The van der Waals surface area contributed by atoms with E-state index in [1.54, 1.807) is 41.5 Å². The Morgan fingerprint density at radius 3 is 2.69 bits per heavy atom. The molecule has 0 aliphatic rings. The Labute approximate surface area is 181 Å². The third-order valence-corrected chi connectivity index (χ3v) is 4.85. The van der Waals surface area contributed by atoms with Gasteiger partial charge in [0.25, 0.3) is 5.91 Å². The summed E-state index contributed by atoms with van der Waals surface area (Å²) in [5.74, 6) is -2.21. The van der Waals surface area contributed by atoms with E-state index in [1.165, 1.54) is 6.07 Å². The molecule has 4 aromatic rings. The molecular formula is C22H17F2N7O. The summed E-state index contributed by atoms with van der Waals surface area (Å²) in [6.45, 7) is 2.10. The van der Waals surface area contributed by atoms with Gasteiger partial charge in [0.05, 0.1) is 17.4 Å². The highest BCUT2D eigenvalue weighted by Gasteiger charge is 2.16. The molecule has 0 bridgehead atoms. The Balaban J connectivity index is 1.41. The van der Waals surface area contributed by atoms with Gasteiger partial charge in [0.1, 0.15) is 29.0 Å². The lowest BCUT2D eigenvalue weighted by Gasteiger charge is -2.13. The minimum absolute atomic E-state index is 0.217. The van der Waals surface area contributed by atoms with Gasteiger partial charge in [0.15, 0.2) is 0 Å². The summed E-state index contributed by atoms with van der Waals surface area (Å²) < 4.78 is 29.4. The summed E-state index contributed by atoms with van der Waals surface area (Å²) >= 11 is 0. The zero-order valence-electron chi connectivity index (χ0n) is 16.9. The second-order valence-electron chi connectivity index (χ2n) is 7.08. The molecule has 1 atom stereocenters. The minimum atomic E-state index is -0.942. The van der Waals surface area contributed by atoms with E-state index in [9.17, 15) is 13.6 Å². The molecule has 0 saturated carbocycles. The van der Waals surface area contributed by atoms with E-state index in [1.807, 2.05) is 13.0 Å². The number of carbonyl (C=O) groups excluding carboxylic acids is 1. The van der Waals surface area contributed by atoms with Gasteiger partial charge in [-0.05, 0) is 43.3 Å². The number of hydrogen-bond acceptors (Lipinski definition) is 5. The number of aromatic amines is 1. The summed E-state index contributed by atoms with van der Waals surface area (Å²) in [7, 11) is 0. The van der Waals surface area contributed by atoms with Gasteiger partial charge in [-0.2, -0.15) is 15.5 Å². The quantitative estimate of drug-likeness (QED) is 0.484. The standard InChI is InChI=1S/C22H17F2N7O/c1-13(11-27-22(32)21-9-20(28-29-21)14-3-2-5-26-12-14)31-6-4-19(30-31)15-7-17(23)16(10-25)18(24)8-15/h2-9,12-13H,11H2,1H3,(H,27,32)(H,28,29). The van der Waals surface area contributed by atoms with Crippen molar-refractivity contribution in [2.75, 3.05) is 6.54 Å². The van der Waals surface area contributed by atoms with Crippen LogP contribution >= 0.6 is 0 Å². The summed E-state index contributed by atoms with van der Waals surface area (Å²) in [6.07, 6.45) is 4.96. The second-order valence-corrected chi connectivity index (χ2v) is 7.08. The van der Waals surface area contributed by atoms with Gasteiger partial charge in [0.2, 0.25) is 0 Å². The average molecular weight is 433 g/mol. The fourth-order valence-corrected chi connectivity index (χ4v) is 3.09. The number of carbonyl (C=O) groups is 1. The van der Waals surface area contributed by atoms with Crippen LogP contribution in [0.15, 0.2) is 55.0 Å². The van der Waals surface area contributed by atoms with Gasteiger partial charge in [-0.1, -0.05) is 0 Å². The van der Waals surface area contributed by atoms with Gasteiger partial charge < -0.3 is 5.32 Å². The molecule has 160 valence electrons. The van der Waals surface area contributed by atoms with E-state index in [-0.39, 0.29) is 24.1 Å². The third kappa shape index (κ3) is 4.22. The molecule has 3 heterocycles. The molecule has 2 N–H and O–H groups in total. The molecule has 8 nitrogen and oxygen atoms in total. The van der Waals surface area contributed by atoms with Crippen molar-refractivity contribution in [3.8, 4) is 28.6 Å². The Morgan fingerprint density at radius 2 is 2.00 bits per heavy atom. The average Bonchev–Trinajstić information content (AvgIpc) is 3.48. The van der Waals surface area contributed by atoms with Crippen molar-refractivity contribution < 1.29 is 13.6 Å². The van der Waals surface area contributed by atoms with Gasteiger partial charge >= 0.3 is 0 Å². The molecule has 0 fully saturated rings. The highest BCUT2D eigenvalue weighted by molar-refractivity contribution is 5.93. The maximum atomic E-state index is 13.9. The van der Waals surface area contributed by atoms with Crippen molar-refractivity contribution >= 4 is 5.91 Å². The lowest BCUT2D eigenvalue weighted by atomic mass is 10.1. The maximum Gasteiger partial charge on any atom is 0.269 e. The molecule has 0 saturated heterocycles. The van der Waals surface area contributed by atoms with Crippen LogP contribution in [0.2, 0.25) is 0 Å². The number of halogens is 2. The van der Waals surface area contributed by atoms with Crippen LogP contribution in [0.1, 0.15) is 29.0 Å². The number of pyridine rings is 1. The predicted molar refractivity (Wildman–Crippen MR) is 111 cm³/mol. The molecule has 4 rings (SSSR count). The van der Waals surface area contributed by atoms with Crippen LogP contribution in [0.25, 0.3) is 22.5 Å². The fourth-order valence-electron chi connectivity index (χ4n) is 3.09. The van der Waals surface area contributed by atoms with Crippen LogP contribution in [0.4, 0.5) is 8.78 Å². The molecule has 0 aliphatic carbocycles. The van der Waals surface area contributed by atoms with E-state index in [0.29, 0.717) is 17.1 Å². The number of nitriles is 1. The molecule has 3 aromatic heterocycles. The Hall–Kier alpha value is -4.39. The second kappa shape index (κ2) is 8.77. The Kier molecular flexibility index (Phi) is 5.72. The zero-order valence-corrected chi connectivity index (χ0v) is 16.9. The predicted octanol–water partition coefficient (Wildman–Crippen LogP) is 3.48. The molecule has 10 heteroatoms. The first-order valence-electron chi connectivity index (χ1n) is 9.65. The minimum Gasteiger partial charge on any atom is -0.349 e. The number of benzene rings is 1. The van der Waals surface area contributed by atoms with Crippen LogP contribution in [-0.4, -0.2) is 37.4 Å². The van der Waals surface area contributed by atoms with E-state index >= 15 is 0 Å². The molecule has 1 unspecified atom stereocenters. The number of amides is 1. The van der Waals surface area contributed by atoms with E-state index in [0.717, 1.165) is 17.7 Å². The van der Waals surface area contributed by atoms with Crippen molar-refractivity contribution in [1.29, 1.82) is 5.26 Å². The maximum absolute atomic E-state index is 13.9. The molecule has 1 amide bonds. The van der Waals surface area contributed by atoms with Crippen LogP contribution in [0, 0.1) is 23.0 Å². The number of hydrogen-bond donors (Lipinski definition) is 2. The summed E-state index contributed by atoms with van der Waals surface area (Å²) in [6, 6.07) is 10.3.